The van der Waals surface area contributed by atoms with E-state index >= 15 is 0 Å². The van der Waals surface area contributed by atoms with Crippen molar-refractivity contribution >= 4 is 22.9 Å². The number of thiophene rings is 1. The topological polar surface area (TPSA) is 35.2 Å². The molecular formula is C13H13ClFNOS. The van der Waals surface area contributed by atoms with Crippen molar-refractivity contribution in [2.45, 2.75) is 19.1 Å². The molecule has 2 unspecified atom stereocenters. The van der Waals surface area contributed by atoms with Crippen molar-refractivity contribution in [3.8, 4) is 5.75 Å². The molecule has 2 rings (SSSR count). The molecule has 0 saturated heterocycles. The summed E-state index contributed by atoms with van der Waals surface area (Å²) in [5.74, 6) is -0.434. The Morgan fingerprint density at radius 3 is 2.78 bits per heavy atom. The summed E-state index contributed by atoms with van der Waals surface area (Å²) < 4.78 is 19.4. The van der Waals surface area contributed by atoms with Crippen LogP contribution in [0.3, 0.4) is 0 Å². The molecular weight excluding hydrogens is 273 g/mol. The van der Waals surface area contributed by atoms with E-state index in [0.29, 0.717) is 0 Å². The molecule has 0 saturated carbocycles. The highest BCUT2D eigenvalue weighted by Gasteiger charge is 2.20. The Hall–Kier alpha value is -1.10. The zero-order chi connectivity index (χ0) is 13.1. The average molecular weight is 286 g/mol. The van der Waals surface area contributed by atoms with E-state index < -0.39 is 5.82 Å². The molecule has 0 spiro atoms. The summed E-state index contributed by atoms with van der Waals surface area (Å²) in [5, 5.41) is 3.92. The highest BCUT2D eigenvalue weighted by atomic mass is 35.5. The van der Waals surface area contributed by atoms with E-state index in [2.05, 4.69) is 0 Å². The van der Waals surface area contributed by atoms with Crippen molar-refractivity contribution < 1.29 is 9.13 Å². The van der Waals surface area contributed by atoms with Crippen LogP contribution >= 0.6 is 22.9 Å². The number of rotatable bonds is 4. The van der Waals surface area contributed by atoms with Crippen LogP contribution in [-0.4, -0.2) is 6.04 Å². The number of hydrogen-bond donors (Lipinski definition) is 1. The van der Waals surface area contributed by atoms with Gasteiger partial charge in [-0.3, -0.25) is 0 Å². The maximum absolute atomic E-state index is 13.8. The first-order valence-electron chi connectivity index (χ1n) is 5.48. The molecule has 5 heteroatoms. The molecule has 2 N–H and O–H groups in total. The summed E-state index contributed by atoms with van der Waals surface area (Å²) in [7, 11) is 0. The van der Waals surface area contributed by atoms with Crippen molar-refractivity contribution in [3.05, 3.63) is 51.4 Å². The summed E-state index contributed by atoms with van der Waals surface area (Å²) in [6.45, 7) is 1.82. The summed E-state index contributed by atoms with van der Waals surface area (Å²) in [5.41, 5.74) is 6.83. The lowest BCUT2D eigenvalue weighted by Gasteiger charge is -2.22. The highest BCUT2D eigenvalue weighted by molar-refractivity contribution is 7.07. The Labute approximate surface area is 114 Å². The lowest BCUT2D eigenvalue weighted by Crippen LogP contribution is -2.28. The minimum absolute atomic E-state index is 0.0428. The molecule has 0 aliphatic rings. The maximum Gasteiger partial charge on any atom is 0.183 e. The van der Waals surface area contributed by atoms with Gasteiger partial charge in [-0.25, -0.2) is 4.39 Å². The van der Waals surface area contributed by atoms with E-state index in [4.69, 9.17) is 22.1 Å². The Bertz CT molecular complexity index is 516. The van der Waals surface area contributed by atoms with Gasteiger partial charge in [0.25, 0.3) is 0 Å². The lowest BCUT2D eigenvalue weighted by atomic mass is 10.1. The third-order valence-corrected chi connectivity index (χ3v) is 3.51. The molecule has 2 atom stereocenters. The van der Waals surface area contributed by atoms with Crippen LogP contribution in [0.4, 0.5) is 4.39 Å². The second-order valence-corrected chi connectivity index (χ2v) is 5.19. The van der Waals surface area contributed by atoms with E-state index in [-0.39, 0.29) is 22.9 Å². The standard InChI is InChI=1S/C13H13ClFNOS/c1-8(16)13(9-5-6-18-7-9)17-11-4-2-3-10(14)12(11)15/h2-8,13H,16H2,1H3. The van der Waals surface area contributed by atoms with E-state index in [1.165, 1.54) is 6.07 Å². The fourth-order valence-electron chi connectivity index (χ4n) is 1.63. The smallest absolute Gasteiger partial charge is 0.183 e. The van der Waals surface area contributed by atoms with Crippen molar-refractivity contribution in [3.63, 3.8) is 0 Å². The monoisotopic (exact) mass is 285 g/mol. The molecule has 1 heterocycles. The third-order valence-electron chi connectivity index (χ3n) is 2.52. The third kappa shape index (κ3) is 2.83. The molecule has 2 aromatic rings. The van der Waals surface area contributed by atoms with E-state index in [1.54, 1.807) is 23.5 Å². The van der Waals surface area contributed by atoms with Gasteiger partial charge in [0, 0.05) is 11.6 Å². The Kier molecular flexibility index (Phi) is 4.22. The van der Waals surface area contributed by atoms with Gasteiger partial charge >= 0.3 is 0 Å². The van der Waals surface area contributed by atoms with Gasteiger partial charge in [-0.15, -0.1) is 0 Å². The van der Waals surface area contributed by atoms with Crippen molar-refractivity contribution in [2.75, 3.05) is 0 Å². The van der Waals surface area contributed by atoms with Crippen LogP contribution in [0.2, 0.25) is 5.02 Å². The minimum atomic E-state index is -0.556. The van der Waals surface area contributed by atoms with Crippen LogP contribution in [0.15, 0.2) is 35.0 Å². The second-order valence-electron chi connectivity index (χ2n) is 4.01. The summed E-state index contributed by atoms with van der Waals surface area (Å²) in [6, 6.07) is 6.34. The first-order valence-corrected chi connectivity index (χ1v) is 6.80. The van der Waals surface area contributed by atoms with Crippen LogP contribution < -0.4 is 10.5 Å². The van der Waals surface area contributed by atoms with Gasteiger partial charge in [-0.1, -0.05) is 17.7 Å². The predicted molar refractivity (Wildman–Crippen MR) is 72.7 cm³/mol. The number of hydrogen-bond acceptors (Lipinski definition) is 3. The Morgan fingerprint density at radius 1 is 1.39 bits per heavy atom. The molecule has 0 aliphatic carbocycles. The minimum Gasteiger partial charge on any atom is -0.481 e. The normalized spacial score (nSPS) is 14.2. The van der Waals surface area contributed by atoms with E-state index in [1.807, 2.05) is 23.8 Å². The summed E-state index contributed by atoms with van der Waals surface area (Å²) in [6.07, 6.45) is -0.385. The summed E-state index contributed by atoms with van der Waals surface area (Å²) >= 11 is 7.27. The fraction of sp³-hybridized carbons (Fsp3) is 0.231. The van der Waals surface area contributed by atoms with Crippen LogP contribution in [0.25, 0.3) is 0 Å². The lowest BCUT2D eigenvalue weighted by molar-refractivity contribution is 0.173. The fourth-order valence-corrected chi connectivity index (χ4v) is 2.48. The average Bonchev–Trinajstić information content (AvgIpc) is 2.84. The first kappa shape index (κ1) is 13.3. The number of ether oxygens (including phenoxy) is 1. The Morgan fingerprint density at radius 2 is 2.17 bits per heavy atom. The SMILES string of the molecule is CC(N)C(Oc1cccc(Cl)c1F)c1ccsc1. The molecule has 0 bridgehead atoms. The highest BCUT2D eigenvalue weighted by Crippen LogP contribution is 2.30. The van der Waals surface area contributed by atoms with Gasteiger partial charge in [-0.2, -0.15) is 11.3 Å². The molecule has 0 fully saturated rings. The van der Waals surface area contributed by atoms with Gasteiger partial charge in [0.1, 0.15) is 6.10 Å². The number of halogens is 2. The molecule has 0 amide bonds. The molecule has 1 aromatic heterocycles. The molecule has 2 nitrogen and oxygen atoms in total. The van der Waals surface area contributed by atoms with Crippen LogP contribution in [0.1, 0.15) is 18.6 Å². The van der Waals surface area contributed by atoms with Crippen LogP contribution in [0.5, 0.6) is 5.75 Å². The Balaban J connectivity index is 2.27. The number of nitrogens with two attached hydrogens (primary N) is 1. The van der Waals surface area contributed by atoms with Gasteiger partial charge in [0.2, 0.25) is 0 Å². The van der Waals surface area contributed by atoms with Gasteiger partial charge in [0.05, 0.1) is 5.02 Å². The quantitative estimate of drug-likeness (QED) is 0.921. The van der Waals surface area contributed by atoms with Crippen molar-refractivity contribution in [1.82, 2.24) is 0 Å². The van der Waals surface area contributed by atoms with Gasteiger partial charge in [-0.05, 0) is 35.9 Å². The van der Waals surface area contributed by atoms with Gasteiger partial charge in [0.15, 0.2) is 11.6 Å². The molecule has 18 heavy (non-hydrogen) atoms. The molecule has 96 valence electrons. The first-order chi connectivity index (χ1) is 8.59. The molecule has 0 radical (unpaired) electrons. The van der Waals surface area contributed by atoms with Crippen molar-refractivity contribution in [2.24, 2.45) is 5.73 Å². The molecule has 1 aromatic carbocycles. The van der Waals surface area contributed by atoms with Gasteiger partial charge < -0.3 is 10.5 Å². The molecule has 0 aliphatic heterocycles. The predicted octanol–water partition coefficient (Wildman–Crippen LogP) is 4.01. The zero-order valence-electron chi connectivity index (χ0n) is 9.77. The maximum atomic E-state index is 13.8. The van der Waals surface area contributed by atoms with Crippen LogP contribution in [-0.2, 0) is 0 Å². The van der Waals surface area contributed by atoms with E-state index in [0.717, 1.165) is 5.56 Å². The van der Waals surface area contributed by atoms with E-state index in [9.17, 15) is 4.39 Å². The van der Waals surface area contributed by atoms with Crippen LogP contribution in [0, 0.1) is 5.82 Å². The zero-order valence-corrected chi connectivity index (χ0v) is 11.3. The summed E-state index contributed by atoms with van der Waals surface area (Å²) in [4.78, 5) is 0. The largest absolute Gasteiger partial charge is 0.481 e. The van der Waals surface area contributed by atoms with Crippen molar-refractivity contribution in [1.29, 1.82) is 0 Å². The number of benzene rings is 1. The second kappa shape index (κ2) is 5.69.